The van der Waals surface area contributed by atoms with E-state index in [2.05, 4.69) is 23.6 Å². The molecule has 1 saturated carbocycles. The van der Waals surface area contributed by atoms with Crippen LogP contribution in [0.2, 0.25) is 0 Å². The van der Waals surface area contributed by atoms with Crippen LogP contribution in [-0.4, -0.2) is 47.8 Å². The molecule has 0 amide bonds. The lowest BCUT2D eigenvalue weighted by atomic mass is 9.87. The minimum atomic E-state index is -0.531. The molecule has 5 atom stereocenters. The molecule has 19 heavy (non-hydrogen) atoms. The van der Waals surface area contributed by atoms with Crippen LogP contribution in [0.15, 0.2) is 0 Å². The third kappa shape index (κ3) is 2.82. The minimum Gasteiger partial charge on any atom is -0.286 e. The number of piperidine rings is 1. The molecule has 1 aliphatic carbocycles. The number of alkyl halides is 1. The molecule has 0 aromatic rings. The topological polar surface area (TPSA) is 6.48 Å². The van der Waals surface area contributed by atoms with E-state index in [-0.39, 0.29) is 0 Å². The summed E-state index contributed by atoms with van der Waals surface area (Å²) in [4.78, 5) is 5.38. The monoisotopic (exact) mass is 268 g/mol. The zero-order valence-corrected chi connectivity index (χ0v) is 12.5. The highest BCUT2D eigenvalue weighted by atomic mass is 19.1. The Balaban J connectivity index is 1.65. The van der Waals surface area contributed by atoms with Crippen LogP contribution in [0.5, 0.6) is 0 Å². The summed E-state index contributed by atoms with van der Waals surface area (Å²) in [5, 5.41) is 0. The Hall–Kier alpha value is -0.150. The first-order chi connectivity index (χ1) is 9.15. The molecule has 2 saturated heterocycles. The van der Waals surface area contributed by atoms with Gasteiger partial charge in [-0.1, -0.05) is 13.3 Å². The Morgan fingerprint density at radius 2 is 1.95 bits per heavy atom. The molecule has 0 radical (unpaired) electrons. The Labute approximate surface area is 117 Å². The molecule has 3 heteroatoms. The molecule has 3 fully saturated rings. The fraction of sp³-hybridized carbons (Fsp3) is 1.00. The quantitative estimate of drug-likeness (QED) is 0.758. The molecular weight excluding hydrogens is 239 g/mol. The highest BCUT2D eigenvalue weighted by Crippen LogP contribution is 2.35. The molecule has 5 unspecified atom stereocenters. The average Bonchev–Trinajstić information content (AvgIpc) is 2.67. The number of hydrogen-bond donors (Lipinski definition) is 0. The Bertz CT molecular complexity index is 309. The van der Waals surface area contributed by atoms with Crippen LogP contribution in [0.3, 0.4) is 0 Å². The third-order valence-electron chi connectivity index (χ3n) is 5.58. The van der Waals surface area contributed by atoms with E-state index in [1.54, 1.807) is 0 Å². The summed E-state index contributed by atoms with van der Waals surface area (Å²) in [5.74, 6) is 1.38. The van der Waals surface area contributed by atoms with Crippen LogP contribution >= 0.6 is 0 Å². The molecule has 0 aromatic carbocycles. The standard InChI is InChI=1S/C16H29FN2/c1-12-5-4-8-18-10-13(2)19(16(12)18)11-14-6-3-7-15(17)9-14/h12-16H,3-11H2,1-2H3. The van der Waals surface area contributed by atoms with Gasteiger partial charge in [0, 0.05) is 19.1 Å². The van der Waals surface area contributed by atoms with E-state index < -0.39 is 6.17 Å². The van der Waals surface area contributed by atoms with E-state index in [1.165, 1.54) is 32.4 Å². The number of hydrogen-bond acceptors (Lipinski definition) is 2. The zero-order chi connectivity index (χ0) is 13.4. The van der Waals surface area contributed by atoms with Gasteiger partial charge in [0.15, 0.2) is 0 Å². The Kier molecular flexibility index (Phi) is 4.14. The maximum atomic E-state index is 13.6. The van der Waals surface area contributed by atoms with E-state index in [0.29, 0.717) is 18.1 Å². The SMILES string of the molecule is CC1CCCN2CC(C)N(CC3CCCC(F)C3)C12. The van der Waals surface area contributed by atoms with Crippen molar-refractivity contribution in [2.45, 2.75) is 70.8 Å². The summed E-state index contributed by atoms with van der Waals surface area (Å²) in [6.45, 7) is 8.39. The summed E-state index contributed by atoms with van der Waals surface area (Å²) >= 11 is 0. The van der Waals surface area contributed by atoms with Gasteiger partial charge in [0.2, 0.25) is 0 Å². The second-order valence-corrected chi connectivity index (χ2v) is 7.20. The van der Waals surface area contributed by atoms with Crippen molar-refractivity contribution in [3.8, 4) is 0 Å². The van der Waals surface area contributed by atoms with E-state index in [9.17, 15) is 4.39 Å². The van der Waals surface area contributed by atoms with Gasteiger partial charge in [-0.25, -0.2) is 4.39 Å². The van der Waals surface area contributed by atoms with Gasteiger partial charge in [-0.05, 0) is 57.4 Å². The number of nitrogens with zero attached hydrogens (tertiary/aromatic N) is 2. The summed E-state index contributed by atoms with van der Waals surface area (Å²) < 4.78 is 13.6. The molecule has 3 rings (SSSR count). The first-order valence-electron chi connectivity index (χ1n) is 8.29. The second-order valence-electron chi connectivity index (χ2n) is 7.20. The van der Waals surface area contributed by atoms with Gasteiger partial charge in [0.1, 0.15) is 6.17 Å². The van der Waals surface area contributed by atoms with E-state index in [4.69, 9.17) is 0 Å². The first kappa shape index (κ1) is 13.8. The summed E-state index contributed by atoms with van der Waals surface area (Å²) in [6, 6.07) is 0.658. The van der Waals surface area contributed by atoms with Gasteiger partial charge >= 0.3 is 0 Å². The molecule has 2 aliphatic heterocycles. The summed E-state index contributed by atoms with van der Waals surface area (Å²) in [5.41, 5.74) is 0. The first-order valence-corrected chi connectivity index (χ1v) is 8.29. The normalized spacial score (nSPS) is 45.3. The second kappa shape index (κ2) is 5.69. The fourth-order valence-electron chi connectivity index (χ4n) is 4.68. The molecule has 0 aromatic heterocycles. The van der Waals surface area contributed by atoms with Crippen LogP contribution in [0, 0.1) is 11.8 Å². The van der Waals surface area contributed by atoms with Crippen LogP contribution in [-0.2, 0) is 0 Å². The van der Waals surface area contributed by atoms with Crippen LogP contribution < -0.4 is 0 Å². The summed E-state index contributed by atoms with van der Waals surface area (Å²) in [7, 11) is 0. The third-order valence-corrected chi connectivity index (χ3v) is 5.58. The molecule has 2 heterocycles. The lowest BCUT2D eigenvalue weighted by Gasteiger charge is -2.41. The maximum Gasteiger partial charge on any atom is 0.100 e. The number of rotatable bonds is 2. The molecule has 0 N–H and O–H groups in total. The van der Waals surface area contributed by atoms with Gasteiger partial charge in [0.25, 0.3) is 0 Å². The molecule has 0 bridgehead atoms. The predicted octanol–water partition coefficient (Wildman–Crippen LogP) is 3.28. The van der Waals surface area contributed by atoms with Crippen molar-refractivity contribution in [3.05, 3.63) is 0 Å². The smallest absolute Gasteiger partial charge is 0.100 e. The van der Waals surface area contributed by atoms with Crippen molar-refractivity contribution < 1.29 is 4.39 Å². The van der Waals surface area contributed by atoms with Crippen molar-refractivity contribution in [1.29, 1.82) is 0 Å². The van der Waals surface area contributed by atoms with Gasteiger partial charge in [-0.15, -0.1) is 0 Å². The summed E-state index contributed by atoms with van der Waals surface area (Å²) in [6.07, 6.45) is 6.78. The maximum absolute atomic E-state index is 13.6. The van der Waals surface area contributed by atoms with Crippen molar-refractivity contribution >= 4 is 0 Å². The molecular formula is C16H29FN2. The number of halogens is 1. The van der Waals surface area contributed by atoms with Crippen molar-refractivity contribution in [2.75, 3.05) is 19.6 Å². The lowest BCUT2D eigenvalue weighted by molar-refractivity contribution is 0.0261. The lowest BCUT2D eigenvalue weighted by Crippen LogP contribution is -2.49. The number of fused-ring (bicyclic) bond motifs is 1. The average molecular weight is 268 g/mol. The van der Waals surface area contributed by atoms with Gasteiger partial charge in [-0.2, -0.15) is 0 Å². The zero-order valence-electron chi connectivity index (χ0n) is 12.5. The molecule has 0 spiro atoms. The van der Waals surface area contributed by atoms with Crippen LogP contribution in [0.25, 0.3) is 0 Å². The van der Waals surface area contributed by atoms with Gasteiger partial charge in [0.05, 0.1) is 6.17 Å². The predicted molar refractivity (Wildman–Crippen MR) is 76.8 cm³/mol. The van der Waals surface area contributed by atoms with Crippen molar-refractivity contribution in [1.82, 2.24) is 9.80 Å². The fourth-order valence-corrected chi connectivity index (χ4v) is 4.68. The van der Waals surface area contributed by atoms with Gasteiger partial charge < -0.3 is 0 Å². The highest BCUT2D eigenvalue weighted by molar-refractivity contribution is 4.94. The minimum absolute atomic E-state index is 0.531. The highest BCUT2D eigenvalue weighted by Gasteiger charge is 2.42. The van der Waals surface area contributed by atoms with Crippen LogP contribution in [0.1, 0.15) is 52.4 Å². The molecule has 3 aliphatic rings. The van der Waals surface area contributed by atoms with E-state index >= 15 is 0 Å². The largest absolute Gasteiger partial charge is 0.286 e. The molecule has 2 nitrogen and oxygen atoms in total. The Morgan fingerprint density at radius 3 is 2.74 bits per heavy atom. The van der Waals surface area contributed by atoms with E-state index in [1.807, 2.05) is 0 Å². The van der Waals surface area contributed by atoms with Crippen molar-refractivity contribution in [3.63, 3.8) is 0 Å². The molecule has 110 valence electrons. The van der Waals surface area contributed by atoms with Crippen LogP contribution in [0.4, 0.5) is 4.39 Å². The van der Waals surface area contributed by atoms with E-state index in [0.717, 1.165) is 31.7 Å². The van der Waals surface area contributed by atoms with Crippen molar-refractivity contribution in [2.24, 2.45) is 11.8 Å². The van der Waals surface area contributed by atoms with Gasteiger partial charge in [-0.3, -0.25) is 9.80 Å². The Morgan fingerprint density at radius 1 is 1.11 bits per heavy atom.